The number of aliphatic hydroxyl groups is 1. The molecule has 3 heteroatoms. The van der Waals surface area contributed by atoms with E-state index in [2.05, 4.69) is 0 Å². The lowest BCUT2D eigenvalue weighted by atomic mass is 9.46. The maximum absolute atomic E-state index is 11.7. The molecule has 22 heavy (non-hydrogen) atoms. The molecule has 6 unspecified atom stereocenters. The standard InChI is InChI=1S/C19H28O3/c20-19-14-7-10-16(19)12-15-6-2-4-9-18(15,22-19)21-17(16)8-3-1-5-13(17)11-14/h13-15,20H,1-12H2/t13?,14?,15?,16?,17-,18?,19?/m1/s1. The predicted octanol–water partition coefficient (Wildman–Crippen LogP) is 3.74. The number of hydrogen-bond donors (Lipinski definition) is 1. The molecule has 0 radical (unpaired) electrons. The lowest BCUT2D eigenvalue weighted by Crippen LogP contribution is -2.82. The Labute approximate surface area is 132 Å². The van der Waals surface area contributed by atoms with Crippen LogP contribution in [0.25, 0.3) is 0 Å². The summed E-state index contributed by atoms with van der Waals surface area (Å²) in [6.07, 6.45) is 14.5. The zero-order valence-electron chi connectivity index (χ0n) is 13.5. The highest BCUT2D eigenvalue weighted by molar-refractivity contribution is 5.27. The highest BCUT2D eigenvalue weighted by Crippen LogP contribution is 2.78. The second kappa shape index (κ2) is 3.75. The minimum atomic E-state index is -0.868. The Balaban J connectivity index is 1.58. The summed E-state index contributed by atoms with van der Waals surface area (Å²) in [6, 6.07) is 0. The van der Waals surface area contributed by atoms with E-state index in [1.807, 2.05) is 0 Å². The van der Waals surface area contributed by atoms with Gasteiger partial charge in [0.1, 0.15) is 0 Å². The van der Waals surface area contributed by atoms with Gasteiger partial charge in [0.2, 0.25) is 0 Å². The molecule has 0 aromatic carbocycles. The van der Waals surface area contributed by atoms with Gasteiger partial charge in [-0.1, -0.05) is 19.3 Å². The molecule has 0 aromatic rings. The third-order valence-electron chi connectivity index (χ3n) is 8.78. The van der Waals surface area contributed by atoms with Crippen molar-refractivity contribution in [3.63, 3.8) is 0 Å². The summed E-state index contributed by atoms with van der Waals surface area (Å²) in [5, 5.41) is 11.7. The third-order valence-corrected chi connectivity index (χ3v) is 8.78. The Morgan fingerprint density at radius 2 is 1.59 bits per heavy atom. The topological polar surface area (TPSA) is 38.7 Å². The highest BCUT2D eigenvalue weighted by Gasteiger charge is 2.84. The molecule has 7 fully saturated rings. The first kappa shape index (κ1) is 13.2. The normalized spacial score (nSPS) is 65.0. The van der Waals surface area contributed by atoms with Crippen LogP contribution in [0.5, 0.6) is 0 Å². The Morgan fingerprint density at radius 1 is 0.773 bits per heavy atom. The van der Waals surface area contributed by atoms with Gasteiger partial charge in [0.25, 0.3) is 0 Å². The van der Waals surface area contributed by atoms with Crippen LogP contribution in [0.4, 0.5) is 0 Å². The van der Waals surface area contributed by atoms with Gasteiger partial charge in [0.05, 0.1) is 11.0 Å². The van der Waals surface area contributed by atoms with Crippen molar-refractivity contribution in [3.05, 3.63) is 0 Å². The molecular weight excluding hydrogens is 276 g/mol. The van der Waals surface area contributed by atoms with Crippen LogP contribution in [0, 0.1) is 23.2 Å². The maximum Gasteiger partial charge on any atom is 0.180 e. The van der Waals surface area contributed by atoms with E-state index in [-0.39, 0.29) is 11.0 Å². The van der Waals surface area contributed by atoms with Gasteiger partial charge in [0, 0.05) is 18.3 Å². The first-order valence-corrected chi connectivity index (χ1v) is 9.77. The van der Waals surface area contributed by atoms with Crippen molar-refractivity contribution < 1.29 is 14.6 Å². The molecule has 4 saturated carbocycles. The van der Waals surface area contributed by atoms with E-state index in [0.29, 0.717) is 17.8 Å². The van der Waals surface area contributed by atoms with Crippen LogP contribution in [-0.2, 0) is 9.47 Å². The number of rotatable bonds is 0. The molecule has 3 heterocycles. The summed E-state index contributed by atoms with van der Waals surface area (Å²) < 4.78 is 13.6. The molecule has 7 aliphatic rings. The molecule has 5 bridgehead atoms. The molecule has 3 saturated heterocycles. The lowest BCUT2D eigenvalue weighted by molar-refractivity contribution is -0.548. The molecule has 4 aliphatic carbocycles. The van der Waals surface area contributed by atoms with Crippen LogP contribution in [0.3, 0.4) is 0 Å². The largest absolute Gasteiger partial charge is 0.365 e. The molecule has 3 aliphatic heterocycles. The van der Waals surface area contributed by atoms with E-state index in [0.717, 1.165) is 25.7 Å². The van der Waals surface area contributed by atoms with Crippen LogP contribution >= 0.6 is 0 Å². The fraction of sp³-hybridized carbons (Fsp3) is 1.00. The molecule has 122 valence electrons. The van der Waals surface area contributed by atoms with Gasteiger partial charge < -0.3 is 14.6 Å². The van der Waals surface area contributed by atoms with Crippen molar-refractivity contribution in [2.24, 2.45) is 23.2 Å². The highest BCUT2D eigenvalue weighted by atomic mass is 16.8. The monoisotopic (exact) mass is 304 g/mol. The zero-order valence-corrected chi connectivity index (χ0v) is 13.5. The lowest BCUT2D eigenvalue weighted by Gasteiger charge is -2.75. The van der Waals surface area contributed by atoms with E-state index >= 15 is 0 Å². The minimum absolute atomic E-state index is 0.0565. The van der Waals surface area contributed by atoms with Crippen LogP contribution < -0.4 is 0 Å². The molecule has 3 nitrogen and oxygen atoms in total. The quantitative estimate of drug-likeness (QED) is 0.741. The van der Waals surface area contributed by atoms with Crippen LogP contribution in [0.1, 0.15) is 77.0 Å². The van der Waals surface area contributed by atoms with Crippen LogP contribution in [0.15, 0.2) is 0 Å². The van der Waals surface area contributed by atoms with Gasteiger partial charge in [-0.05, 0) is 57.3 Å². The Hall–Kier alpha value is -0.120. The van der Waals surface area contributed by atoms with Crippen molar-refractivity contribution in [1.82, 2.24) is 0 Å². The van der Waals surface area contributed by atoms with Gasteiger partial charge in [-0.2, -0.15) is 0 Å². The summed E-state index contributed by atoms with van der Waals surface area (Å²) in [7, 11) is 0. The Morgan fingerprint density at radius 3 is 2.50 bits per heavy atom. The van der Waals surface area contributed by atoms with E-state index in [1.54, 1.807) is 0 Å². The summed E-state index contributed by atoms with van der Waals surface area (Å²) >= 11 is 0. The van der Waals surface area contributed by atoms with Crippen molar-refractivity contribution >= 4 is 0 Å². The average Bonchev–Trinajstić information content (AvgIpc) is 2.70. The summed E-state index contributed by atoms with van der Waals surface area (Å²) in [4.78, 5) is 0. The second-order valence-corrected chi connectivity index (χ2v) is 9.24. The number of hydrogen-bond acceptors (Lipinski definition) is 3. The van der Waals surface area contributed by atoms with Gasteiger partial charge in [-0.25, -0.2) is 0 Å². The first-order valence-electron chi connectivity index (χ1n) is 9.77. The van der Waals surface area contributed by atoms with Gasteiger partial charge >= 0.3 is 0 Å². The van der Waals surface area contributed by atoms with E-state index in [4.69, 9.17) is 9.47 Å². The van der Waals surface area contributed by atoms with Crippen molar-refractivity contribution in [3.8, 4) is 0 Å². The van der Waals surface area contributed by atoms with E-state index < -0.39 is 11.6 Å². The van der Waals surface area contributed by atoms with E-state index in [1.165, 1.54) is 51.4 Å². The minimum Gasteiger partial charge on any atom is -0.365 e. The molecule has 7 rings (SSSR count). The smallest absolute Gasteiger partial charge is 0.180 e. The SMILES string of the molecule is OC12OC34CCCCC3CC13CCC2CC1CCCC[C@@]13O4. The van der Waals surface area contributed by atoms with Gasteiger partial charge in [-0.3, -0.25) is 0 Å². The fourth-order valence-corrected chi connectivity index (χ4v) is 8.04. The van der Waals surface area contributed by atoms with Crippen molar-refractivity contribution in [2.75, 3.05) is 0 Å². The second-order valence-electron chi connectivity index (χ2n) is 9.24. The first-order chi connectivity index (χ1) is 10.6. The number of ether oxygens (including phenoxy) is 2. The van der Waals surface area contributed by atoms with E-state index in [9.17, 15) is 5.11 Å². The van der Waals surface area contributed by atoms with Crippen molar-refractivity contribution in [2.45, 2.75) is 94.2 Å². The predicted molar refractivity (Wildman–Crippen MR) is 80.9 cm³/mol. The summed E-state index contributed by atoms with van der Waals surface area (Å²) in [6.45, 7) is 0. The molecule has 0 aromatic heterocycles. The fourth-order valence-electron chi connectivity index (χ4n) is 8.04. The molecule has 3 spiro atoms. The van der Waals surface area contributed by atoms with Gasteiger partial charge in [0.15, 0.2) is 11.6 Å². The summed E-state index contributed by atoms with van der Waals surface area (Å²) in [5.74, 6) is 0.275. The Kier molecular flexibility index (Phi) is 2.25. The average molecular weight is 304 g/mol. The molecular formula is C19H28O3. The molecule has 1 N–H and O–H groups in total. The molecule has 0 amide bonds. The van der Waals surface area contributed by atoms with Crippen molar-refractivity contribution in [1.29, 1.82) is 0 Å². The third kappa shape index (κ3) is 1.14. The van der Waals surface area contributed by atoms with Crippen LogP contribution in [-0.4, -0.2) is 22.3 Å². The zero-order chi connectivity index (χ0) is 14.6. The van der Waals surface area contributed by atoms with Crippen LogP contribution in [0.2, 0.25) is 0 Å². The summed E-state index contributed by atoms with van der Waals surface area (Å²) in [5.41, 5.74) is -0.142. The van der Waals surface area contributed by atoms with Gasteiger partial charge in [-0.15, -0.1) is 0 Å². The Bertz CT molecular complexity index is 535. The molecule has 7 atom stereocenters. The maximum atomic E-state index is 11.7.